The van der Waals surface area contributed by atoms with E-state index in [2.05, 4.69) is 15.3 Å². The zero-order valence-electron chi connectivity index (χ0n) is 21.1. The summed E-state index contributed by atoms with van der Waals surface area (Å²) in [5, 5.41) is 17.7. The predicted molar refractivity (Wildman–Crippen MR) is 130 cm³/mol. The van der Waals surface area contributed by atoms with Crippen molar-refractivity contribution in [3.05, 3.63) is 23.5 Å². The fourth-order valence-electron chi connectivity index (χ4n) is 5.44. The van der Waals surface area contributed by atoms with Crippen LogP contribution in [0.2, 0.25) is 0 Å². The second-order valence-corrected chi connectivity index (χ2v) is 10.6. The van der Waals surface area contributed by atoms with E-state index < -0.39 is 5.97 Å². The maximum Gasteiger partial charge on any atom is 0.410 e. The van der Waals surface area contributed by atoms with E-state index in [4.69, 9.17) is 9.47 Å². The first-order valence-electron chi connectivity index (χ1n) is 13.0. The Hall–Kier alpha value is -3.17. The number of pyridine rings is 1. The van der Waals surface area contributed by atoms with Gasteiger partial charge >= 0.3 is 12.1 Å². The Kier molecular flexibility index (Phi) is 7.11. The van der Waals surface area contributed by atoms with E-state index in [1.807, 2.05) is 24.0 Å². The lowest BCUT2D eigenvalue weighted by Crippen LogP contribution is -2.29. The van der Waals surface area contributed by atoms with Gasteiger partial charge in [-0.1, -0.05) is 18.1 Å². The quantitative estimate of drug-likeness (QED) is 0.582. The van der Waals surface area contributed by atoms with Crippen LogP contribution < -0.4 is 4.74 Å². The fourth-order valence-corrected chi connectivity index (χ4v) is 5.44. The molecule has 2 aromatic rings. The number of nitrogens with zero attached hydrogens (tertiary/aromatic N) is 5. The smallest absolute Gasteiger partial charge is 0.410 e. The van der Waals surface area contributed by atoms with Crippen LogP contribution in [0.3, 0.4) is 0 Å². The van der Waals surface area contributed by atoms with Crippen LogP contribution in [0.5, 0.6) is 5.75 Å². The van der Waals surface area contributed by atoms with Crippen LogP contribution in [-0.4, -0.2) is 61.2 Å². The Morgan fingerprint density at radius 3 is 2.72 bits per heavy atom. The average molecular weight is 498 g/mol. The van der Waals surface area contributed by atoms with Gasteiger partial charge in [0.2, 0.25) is 0 Å². The molecule has 1 unspecified atom stereocenters. The standard InChI is InChI=1S/C26H35N5O5/c1-16-23(36-20-5-3-4-19(13-20)25(32)33)9-8-21(27-16)24-22(30(2)29-28-24)15-35-26(34)31-11-10-18(14-31)12-17-6-7-17/h8-9,17-20H,3-7,10-15H2,1-2H3,(H,32,33)/t18?,19-,20-/m0/s1. The molecular formula is C26H35N5O5. The van der Waals surface area contributed by atoms with Gasteiger partial charge in [-0.3, -0.25) is 4.79 Å². The number of aryl methyl sites for hydroxylation is 2. The molecule has 10 heteroatoms. The zero-order valence-corrected chi connectivity index (χ0v) is 21.1. The van der Waals surface area contributed by atoms with Crippen molar-refractivity contribution in [1.82, 2.24) is 24.9 Å². The molecule has 1 saturated heterocycles. The summed E-state index contributed by atoms with van der Waals surface area (Å²) in [6, 6.07) is 3.66. The third kappa shape index (κ3) is 5.63. The lowest BCUT2D eigenvalue weighted by Gasteiger charge is -2.27. The highest BCUT2D eigenvalue weighted by molar-refractivity contribution is 5.70. The summed E-state index contributed by atoms with van der Waals surface area (Å²) in [5.74, 6) is 0.987. The minimum Gasteiger partial charge on any atom is -0.489 e. The highest BCUT2D eigenvalue weighted by Crippen LogP contribution is 2.38. The molecule has 0 spiro atoms. The van der Waals surface area contributed by atoms with Crippen LogP contribution in [-0.2, 0) is 23.2 Å². The van der Waals surface area contributed by atoms with Crippen LogP contribution in [0.1, 0.15) is 62.8 Å². The number of carboxylic acid groups (broad SMARTS) is 1. The number of carbonyl (C=O) groups excluding carboxylic acids is 1. The number of aromatic nitrogens is 4. The molecule has 1 N–H and O–H groups in total. The van der Waals surface area contributed by atoms with Gasteiger partial charge < -0.3 is 19.5 Å². The van der Waals surface area contributed by atoms with Gasteiger partial charge in [-0.05, 0) is 69.4 Å². The third-order valence-electron chi connectivity index (χ3n) is 7.73. The van der Waals surface area contributed by atoms with Crippen molar-refractivity contribution in [3.8, 4) is 17.1 Å². The summed E-state index contributed by atoms with van der Waals surface area (Å²) in [6.45, 7) is 3.46. The van der Waals surface area contributed by atoms with Crippen LogP contribution >= 0.6 is 0 Å². The van der Waals surface area contributed by atoms with E-state index in [0.717, 1.165) is 38.3 Å². The first kappa shape index (κ1) is 24.5. The molecular weight excluding hydrogens is 462 g/mol. The SMILES string of the molecule is Cc1nc(-c2nnn(C)c2COC(=O)N2CCC(CC3CC3)C2)ccc1O[C@H]1CCC[C@H](C(=O)O)C1. The predicted octanol–water partition coefficient (Wildman–Crippen LogP) is 3.97. The van der Waals surface area contributed by atoms with E-state index in [9.17, 15) is 14.7 Å². The van der Waals surface area contributed by atoms with Crippen molar-refractivity contribution >= 4 is 12.1 Å². The van der Waals surface area contributed by atoms with Crippen LogP contribution in [0.4, 0.5) is 4.79 Å². The van der Waals surface area contributed by atoms with Crippen molar-refractivity contribution < 1.29 is 24.2 Å². The summed E-state index contributed by atoms with van der Waals surface area (Å²) in [5.41, 5.74) is 2.56. The summed E-state index contributed by atoms with van der Waals surface area (Å²) < 4.78 is 13.4. The van der Waals surface area contributed by atoms with Crippen molar-refractivity contribution in [2.24, 2.45) is 24.8 Å². The molecule has 0 radical (unpaired) electrons. The van der Waals surface area contributed by atoms with Gasteiger partial charge in [0.1, 0.15) is 23.7 Å². The summed E-state index contributed by atoms with van der Waals surface area (Å²) in [7, 11) is 1.77. The molecule has 10 nitrogen and oxygen atoms in total. The molecule has 0 bridgehead atoms. The van der Waals surface area contributed by atoms with Gasteiger partial charge in [-0.2, -0.15) is 0 Å². The fraction of sp³-hybridized carbons (Fsp3) is 0.654. The third-order valence-corrected chi connectivity index (χ3v) is 7.73. The maximum absolute atomic E-state index is 12.7. The van der Waals surface area contributed by atoms with Crippen LogP contribution in [0.25, 0.3) is 11.4 Å². The number of carboxylic acids is 1. The minimum absolute atomic E-state index is 0.0685. The van der Waals surface area contributed by atoms with E-state index in [1.165, 1.54) is 19.3 Å². The molecule has 5 rings (SSSR count). The second kappa shape index (κ2) is 10.4. The Labute approximate surface area is 211 Å². The lowest BCUT2D eigenvalue weighted by atomic mass is 9.87. The van der Waals surface area contributed by atoms with E-state index in [-0.39, 0.29) is 24.7 Å². The molecule has 1 aliphatic heterocycles. The van der Waals surface area contributed by atoms with Gasteiger partial charge in [-0.25, -0.2) is 14.5 Å². The van der Waals surface area contributed by atoms with Gasteiger partial charge in [0.25, 0.3) is 0 Å². The topological polar surface area (TPSA) is 120 Å². The maximum atomic E-state index is 12.7. The molecule has 0 aromatic carbocycles. The van der Waals surface area contributed by atoms with E-state index in [1.54, 1.807) is 11.7 Å². The van der Waals surface area contributed by atoms with Gasteiger partial charge in [0, 0.05) is 20.1 Å². The molecule has 3 atom stereocenters. The molecule has 1 amide bonds. The number of carbonyl (C=O) groups is 2. The molecule has 2 aliphatic carbocycles. The molecule has 3 aliphatic rings. The number of likely N-dealkylation sites (tertiary alicyclic amines) is 1. The number of aliphatic carboxylic acids is 1. The Balaban J connectivity index is 1.21. The highest BCUT2D eigenvalue weighted by Gasteiger charge is 2.33. The number of rotatable bonds is 8. The minimum atomic E-state index is -0.757. The summed E-state index contributed by atoms with van der Waals surface area (Å²) >= 11 is 0. The normalized spacial score (nSPS) is 24.1. The highest BCUT2D eigenvalue weighted by atomic mass is 16.6. The molecule has 194 valence electrons. The van der Waals surface area contributed by atoms with Gasteiger partial charge in [-0.15, -0.1) is 5.10 Å². The molecule has 3 fully saturated rings. The molecule has 3 heterocycles. The first-order valence-corrected chi connectivity index (χ1v) is 13.0. The van der Waals surface area contributed by atoms with E-state index in [0.29, 0.717) is 47.3 Å². The number of hydrogen-bond acceptors (Lipinski definition) is 7. The average Bonchev–Trinajstić information content (AvgIpc) is 3.42. The number of amides is 1. The van der Waals surface area contributed by atoms with Crippen LogP contribution in [0, 0.1) is 24.7 Å². The lowest BCUT2D eigenvalue weighted by molar-refractivity contribution is -0.143. The van der Waals surface area contributed by atoms with E-state index >= 15 is 0 Å². The van der Waals surface area contributed by atoms with Crippen molar-refractivity contribution in [2.75, 3.05) is 13.1 Å². The van der Waals surface area contributed by atoms with Gasteiger partial charge in [0.05, 0.1) is 23.4 Å². The first-order chi connectivity index (χ1) is 17.4. The molecule has 36 heavy (non-hydrogen) atoms. The zero-order chi connectivity index (χ0) is 25.2. The Morgan fingerprint density at radius 1 is 1.14 bits per heavy atom. The Bertz CT molecular complexity index is 1110. The van der Waals surface area contributed by atoms with Crippen molar-refractivity contribution in [3.63, 3.8) is 0 Å². The molecule has 2 aromatic heterocycles. The van der Waals surface area contributed by atoms with Crippen molar-refractivity contribution in [1.29, 1.82) is 0 Å². The van der Waals surface area contributed by atoms with Gasteiger partial charge in [0.15, 0.2) is 0 Å². The largest absolute Gasteiger partial charge is 0.489 e. The summed E-state index contributed by atoms with van der Waals surface area (Å²) in [6.07, 6.45) is 7.42. The molecule has 2 saturated carbocycles. The summed E-state index contributed by atoms with van der Waals surface area (Å²) in [4.78, 5) is 30.5. The Morgan fingerprint density at radius 2 is 1.97 bits per heavy atom. The monoisotopic (exact) mass is 497 g/mol. The van der Waals surface area contributed by atoms with Crippen LogP contribution in [0.15, 0.2) is 12.1 Å². The number of hydrogen-bond donors (Lipinski definition) is 1. The van der Waals surface area contributed by atoms with Crippen molar-refractivity contribution in [2.45, 2.75) is 71.0 Å². The second-order valence-electron chi connectivity index (χ2n) is 10.6. The number of ether oxygens (including phenoxy) is 2.